The summed E-state index contributed by atoms with van der Waals surface area (Å²) in [5, 5.41) is 3.62. The average molecular weight is 213 g/mol. The van der Waals surface area contributed by atoms with E-state index < -0.39 is 0 Å². The van der Waals surface area contributed by atoms with Gasteiger partial charge in [-0.05, 0) is 52.5 Å². The van der Waals surface area contributed by atoms with Crippen LogP contribution in [0.1, 0.15) is 52.9 Å². The highest BCUT2D eigenvalue weighted by molar-refractivity contribution is 4.76. The highest BCUT2D eigenvalue weighted by Crippen LogP contribution is 2.27. The lowest BCUT2D eigenvalue weighted by atomic mass is 10.00. The number of hydrogen-bond donors (Lipinski definition) is 1. The Morgan fingerprint density at radius 3 is 2.47 bits per heavy atom. The first-order valence-electron chi connectivity index (χ1n) is 6.55. The van der Waals surface area contributed by atoms with E-state index in [1.807, 2.05) is 0 Å². The van der Waals surface area contributed by atoms with Crippen LogP contribution in [-0.2, 0) is 4.74 Å². The minimum atomic E-state index is 0.372. The van der Waals surface area contributed by atoms with Gasteiger partial charge in [-0.25, -0.2) is 0 Å². The van der Waals surface area contributed by atoms with E-state index in [1.54, 1.807) is 0 Å². The van der Waals surface area contributed by atoms with Gasteiger partial charge in [-0.15, -0.1) is 0 Å². The molecule has 0 aliphatic heterocycles. The van der Waals surface area contributed by atoms with E-state index in [0.717, 1.165) is 25.5 Å². The van der Waals surface area contributed by atoms with Gasteiger partial charge in [0.05, 0.1) is 6.10 Å². The second-order valence-electron chi connectivity index (χ2n) is 5.06. The van der Waals surface area contributed by atoms with Gasteiger partial charge in [0.15, 0.2) is 0 Å². The molecule has 1 atom stereocenters. The number of rotatable bonds is 7. The van der Waals surface area contributed by atoms with Crippen LogP contribution in [0.25, 0.3) is 0 Å². The maximum Gasteiger partial charge on any atom is 0.0518 e. The summed E-state index contributed by atoms with van der Waals surface area (Å²) in [7, 11) is 0. The lowest BCUT2D eigenvalue weighted by molar-refractivity contribution is 0.0765. The van der Waals surface area contributed by atoms with Crippen molar-refractivity contribution >= 4 is 0 Å². The molecule has 15 heavy (non-hydrogen) atoms. The maximum atomic E-state index is 5.51. The third-order valence-corrected chi connectivity index (χ3v) is 3.35. The third-order valence-electron chi connectivity index (χ3n) is 3.35. The highest BCUT2D eigenvalue weighted by Gasteiger charge is 2.20. The van der Waals surface area contributed by atoms with Crippen LogP contribution in [0.4, 0.5) is 0 Å². The summed E-state index contributed by atoms with van der Waals surface area (Å²) in [5.74, 6) is 0.927. The maximum absolute atomic E-state index is 5.51. The Hall–Kier alpha value is -0.0800. The first-order chi connectivity index (χ1) is 7.20. The van der Waals surface area contributed by atoms with Crippen molar-refractivity contribution in [3.8, 4) is 0 Å². The number of nitrogens with one attached hydrogen (secondary N) is 1. The Morgan fingerprint density at radius 2 is 1.87 bits per heavy atom. The van der Waals surface area contributed by atoms with Crippen molar-refractivity contribution in [2.24, 2.45) is 5.92 Å². The fourth-order valence-electron chi connectivity index (χ4n) is 2.34. The van der Waals surface area contributed by atoms with Crippen molar-refractivity contribution < 1.29 is 4.74 Å². The molecule has 1 unspecified atom stereocenters. The Labute approximate surface area is 94.8 Å². The molecule has 90 valence electrons. The van der Waals surface area contributed by atoms with E-state index in [4.69, 9.17) is 4.74 Å². The molecule has 1 N–H and O–H groups in total. The molecule has 0 amide bonds. The van der Waals surface area contributed by atoms with Crippen molar-refractivity contribution in [3.63, 3.8) is 0 Å². The normalized spacial score (nSPS) is 20.0. The van der Waals surface area contributed by atoms with Crippen LogP contribution in [0.5, 0.6) is 0 Å². The van der Waals surface area contributed by atoms with Gasteiger partial charge in [-0.2, -0.15) is 0 Å². The predicted molar refractivity (Wildman–Crippen MR) is 65.1 cm³/mol. The van der Waals surface area contributed by atoms with Gasteiger partial charge < -0.3 is 10.1 Å². The molecule has 1 rings (SSSR count). The quantitative estimate of drug-likeness (QED) is 0.656. The summed E-state index contributed by atoms with van der Waals surface area (Å²) < 4.78 is 5.51. The zero-order valence-corrected chi connectivity index (χ0v) is 10.6. The Kier molecular flexibility index (Phi) is 6.26. The van der Waals surface area contributed by atoms with E-state index in [2.05, 4.69) is 26.1 Å². The molecule has 0 spiro atoms. The van der Waals surface area contributed by atoms with Gasteiger partial charge in [0.2, 0.25) is 0 Å². The lowest BCUT2D eigenvalue weighted by Gasteiger charge is -2.20. The van der Waals surface area contributed by atoms with Crippen LogP contribution >= 0.6 is 0 Å². The smallest absolute Gasteiger partial charge is 0.0518 e. The van der Waals surface area contributed by atoms with Crippen LogP contribution in [0.2, 0.25) is 0 Å². The fourth-order valence-corrected chi connectivity index (χ4v) is 2.34. The first-order valence-corrected chi connectivity index (χ1v) is 6.55. The van der Waals surface area contributed by atoms with Gasteiger partial charge in [0.25, 0.3) is 0 Å². The van der Waals surface area contributed by atoms with E-state index in [9.17, 15) is 0 Å². The van der Waals surface area contributed by atoms with Gasteiger partial charge >= 0.3 is 0 Å². The van der Waals surface area contributed by atoms with E-state index in [0.29, 0.717) is 12.1 Å². The molecule has 0 aromatic carbocycles. The van der Waals surface area contributed by atoms with Gasteiger partial charge in [-0.3, -0.25) is 0 Å². The first kappa shape index (κ1) is 13.0. The summed E-state index contributed by atoms with van der Waals surface area (Å²) in [6.07, 6.45) is 7.24. The Balaban J connectivity index is 1.94. The molecule has 1 saturated carbocycles. The van der Waals surface area contributed by atoms with Crippen LogP contribution in [0, 0.1) is 5.92 Å². The molecular formula is C13H27NO. The molecule has 1 aliphatic rings. The number of hydrogen-bond acceptors (Lipinski definition) is 2. The minimum absolute atomic E-state index is 0.372. The zero-order valence-electron chi connectivity index (χ0n) is 10.6. The topological polar surface area (TPSA) is 21.3 Å². The summed E-state index contributed by atoms with van der Waals surface area (Å²) in [6, 6.07) is 0.701. The van der Waals surface area contributed by atoms with Crippen molar-refractivity contribution in [2.75, 3.05) is 13.2 Å². The molecule has 2 nitrogen and oxygen atoms in total. The Bertz CT molecular complexity index is 153. The van der Waals surface area contributed by atoms with Crippen molar-refractivity contribution in [1.29, 1.82) is 0 Å². The van der Waals surface area contributed by atoms with Gasteiger partial charge in [0.1, 0.15) is 0 Å². The molecule has 0 bridgehead atoms. The highest BCUT2D eigenvalue weighted by atomic mass is 16.5. The zero-order chi connectivity index (χ0) is 11.1. The van der Waals surface area contributed by atoms with Crippen molar-refractivity contribution in [2.45, 2.75) is 65.0 Å². The minimum Gasteiger partial charge on any atom is -0.379 e. The molecule has 0 radical (unpaired) electrons. The van der Waals surface area contributed by atoms with Gasteiger partial charge in [0, 0.05) is 12.6 Å². The molecule has 0 aromatic heterocycles. The van der Waals surface area contributed by atoms with Crippen LogP contribution < -0.4 is 5.32 Å². The molecule has 0 saturated heterocycles. The standard InChI is InChI=1S/C13H27NO/c1-11(2)15-10-6-9-14-12(3)13-7-4-5-8-13/h11-14H,4-10H2,1-3H3. The molecular weight excluding hydrogens is 186 g/mol. The van der Waals surface area contributed by atoms with Crippen LogP contribution in [-0.4, -0.2) is 25.3 Å². The predicted octanol–water partition coefficient (Wildman–Crippen LogP) is 2.97. The third kappa shape index (κ3) is 5.53. The summed E-state index contributed by atoms with van der Waals surface area (Å²) >= 11 is 0. The monoisotopic (exact) mass is 213 g/mol. The molecule has 0 heterocycles. The molecule has 1 fully saturated rings. The number of ether oxygens (including phenoxy) is 1. The fraction of sp³-hybridized carbons (Fsp3) is 1.00. The molecule has 1 aliphatic carbocycles. The van der Waals surface area contributed by atoms with Crippen LogP contribution in [0.15, 0.2) is 0 Å². The largest absolute Gasteiger partial charge is 0.379 e. The van der Waals surface area contributed by atoms with E-state index in [-0.39, 0.29) is 0 Å². The second kappa shape index (κ2) is 7.24. The van der Waals surface area contributed by atoms with E-state index in [1.165, 1.54) is 25.7 Å². The summed E-state index contributed by atoms with van der Waals surface area (Å²) in [5.41, 5.74) is 0. The van der Waals surface area contributed by atoms with Crippen molar-refractivity contribution in [3.05, 3.63) is 0 Å². The molecule has 0 aromatic rings. The average Bonchev–Trinajstić information content (AvgIpc) is 2.69. The summed E-state index contributed by atoms with van der Waals surface area (Å²) in [6.45, 7) is 8.51. The van der Waals surface area contributed by atoms with E-state index >= 15 is 0 Å². The Morgan fingerprint density at radius 1 is 1.20 bits per heavy atom. The van der Waals surface area contributed by atoms with Gasteiger partial charge in [-0.1, -0.05) is 12.8 Å². The summed E-state index contributed by atoms with van der Waals surface area (Å²) in [4.78, 5) is 0. The van der Waals surface area contributed by atoms with Crippen molar-refractivity contribution in [1.82, 2.24) is 5.32 Å². The van der Waals surface area contributed by atoms with Crippen LogP contribution in [0.3, 0.4) is 0 Å². The second-order valence-corrected chi connectivity index (χ2v) is 5.06. The molecule has 2 heteroatoms. The lowest BCUT2D eigenvalue weighted by Crippen LogP contribution is -2.33. The SMILES string of the molecule is CC(C)OCCCNC(C)C1CCCC1.